The number of aliphatic hydroxyl groups excluding tert-OH is 1. The van der Waals surface area contributed by atoms with E-state index in [4.69, 9.17) is 5.11 Å². The molecule has 1 N–H and O–H groups in total. The van der Waals surface area contributed by atoms with Crippen LogP contribution in [-0.4, -0.2) is 29.1 Å². The van der Waals surface area contributed by atoms with Crippen LogP contribution in [-0.2, 0) is 11.3 Å². The SMILES string of the molecule is CC1CC1C(=O)N(CCO)Cc1cc(Br)ccc1F. The lowest BCUT2D eigenvalue weighted by molar-refractivity contribution is -0.134. The molecule has 0 aliphatic heterocycles. The molecule has 2 atom stereocenters. The molecule has 1 saturated carbocycles. The maximum Gasteiger partial charge on any atom is 0.226 e. The van der Waals surface area contributed by atoms with Crippen molar-refractivity contribution in [3.8, 4) is 0 Å². The normalized spacial score (nSPS) is 21.3. The molecule has 1 fully saturated rings. The van der Waals surface area contributed by atoms with Gasteiger partial charge in [0.05, 0.1) is 6.61 Å². The van der Waals surface area contributed by atoms with Crippen molar-refractivity contribution in [2.45, 2.75) is 19.9 Å². The topological polar surface area (TPSA) is 40.5 Å². The predicted molar refractivity (Wildman–Crippen MR) is 73.9 cm³/mol. The molecule has 1 aromatic carbocycles. The zero-order valence-corrected chi connectivity index (χ0v) is 12.4. The van der Waals surface area contributed by atoms with Crippen LogP contribution in [0.25, 0.3) is 0 Å². The van der Waals surface area contributed by atoms with E-state index >= 15 is 0 Å². The lowest BCUT2D eigenvalue weighted by atomic mass is 10.2. The molecular formula is C14H17BrFNO2. The van der Waals surface area contributed by atoms with Crippen LogP contribution >= 0.6 is 15.9 Å². The second-order valence-electron chi connectivity index (χ2n) is 5.04. The Hall–Kier alpha value is -0.940. The molecule has 0 saturated heterocycles. The summed E-state index contributed by atoms with van der Waals surface area (Å²) in [5, 5.41) is 9.06. The monoisotopic (exact) mass is 329 g/mol. The fourth-order valence-electron chi connectivity index (χ4n) is 2.16. The first-order valence-corrected chi connectivity index (χ1v) is 7.15. The van der Waals surface area contributed by atoms with Crippen LogP contribution < -0.4 is 0 Å². The van der Waals surface area contributed by atoms with Gasteiger partial charge in [-0.1, -0.05) is 22.9 Å². The minimum Gasteiger partial charge on any atom is -0.395 e. The fraction of sp³-hybridized carbons (Fsp3) is 0.500. The molecule has 0 bridgehead atoms. The third kappa shape index (κ3) is 3.54. The summed E-state index contributed by atoms with van der Waals surface area (Å²) >= 11 is 3.29. The van der Waals surface area contributed by atoms with Crippen molar-refractivity contribution in [1.82, 2.24) is 4.90 Å². The summed E-state index contributed by atoms with van der Waals surface area (Å²) in [5.74, 6) is 0.131. The molecule has 0 radical (unpaired) electrons. The van der Waals surface area contributed by atoms with E-state index in [1.165, 1.54) is 6.07 Å². The minimum atomic E-state index is -0.331. The van der Waals surface area contributed by atoms with Crippen molar-refractivity contribution < 1.29 is 14.3 Å². The molecule has 5 heteroatoms. The van der Waals surface area contributed by atoms with Crippen molar-refractivity contribution in [2.75, 3.05) is 13.2 Å². The second-order valence-corrected chi connectivity index (χ2v) is 5.95. The number of aliphatic hydroxyl groups is 1. The number of amides is 1. The number of hydrogen-bond donors (Lipinski definition) is 1. The van der Waals surface area contributed by atoms with Crippen molar-refractivity contribution >= 4 is 21.8 Å². The Bertz CT molecular complexity index is 481. The van der Waals surface area contributed by atoms with E-state index < -0.39 is 0 Å². The third-order valence-electron chi connectivity index (χ3n) is 3.48. The van der Waals surface area contributed by atoms with E-state index in [1.54, 1.807) is 17.0 Å². The summed E-state index contributed by atoms with van der Waals surface area (Å²) in [6.45, 7) is 2.36. The molecule has 104 valence electrons. The number of rotatable bonds is 5. The van der Waals surface area contributed by atoms with Gasteiger partial charge in [0, 0.05) is 29.0 Å². The summed E-state index contributed by atoms with van der Waals surface area (Å²) in [6.07, 6.45) is 0.891. The quantitative estimate of drug-likeness (QED) is 0.901. The Labute approximate surface area is 120 Å². The van der Waals surface area contributed by atoms with Gasteiger partial charge in [-0.05, 0) is 30.5 Å². The molecule has 1 aliphatic carbocycles. The average Bonchev–Trinajstić information content (AvgIpc) is 3.09. The average molecular weight is 330 g/mol. The summed E-state index contributed by atoms with van der Waals surface area (Å²) in [5.41, 5.74) is 0.462. The summed E-state index contributed by atoms with van der Waals surface area (Å²) in [6, 6.07) is 4.67. The maximum atomic E-state index is 13.7. The molecule has 1 aromatic rings. The molecule has 1 aliphatic rings. The van der Waals surface area contributed by atoms with Gasteiger partial charge in [0.1, 0.15) is 5.82 Å². The van der Waals surface area contributed by atoms with Crippen LogP contribution in [0.4, 0.5) is 4.39 Å². The van der Waals surface area contributed by atoms with Crippen LogP contribution in [0.2, 0.25) is 0 Å². The fourth-order valence-corrected chi connectivity index (χ4v) is 2.57. The standard InChI is InChI=1S/C14H17BrFNO2/c1-9-6-12(9)14(19)17(4-5-18)8-10-7-11(15)2-3-13(10)16/h2-3,7,9,12,18H,4-6,8H2,1H3. The highest BCUT2D eigenvalue weighted by molar-refractivity contribution is 9.10. The molecule has 1 amide bonds. The lowest BCUT2D eigenvalue weighted by Crippen LogP contribution is -2.34. The zero-order valence-electron chi connectivity index (χ0n) is 10.8. The maximum absolute atomic E-state index is 13.7. The zero-order chi connectivity index (χ0) is 14.0. The number of benzene rings is 1. The molecule has 2 unspecified atom stereocenters. The van der Waals surface area contributed by atoms with E-state index in [0.717, 1.165) is 10.9 Å². The lowest BCUT2D eigenvalue weighted by Gasteiger charge is -2.22. The first kappa shape index (κ1) is 14.5. The van der Waals surface area contributed by atoms with Crippen molar-refractivity contribution in [1.29, 1.82) is 0 Å². The van der Waals surface area contributed by atoms with Gasteiger partial charge in [0.2, 0.25) is 5.91 Å². The number of hydrogen-bond acceptors (Lipinski definition) is 2. The molecule has 0 aromatic heterocycles. The second kappa shape index (κ2) is 6.01. The van der Waals surface area contributed by atoms with Crippen molar-refractivity contribution in [2.24, 2.45) is 11.8 Å². The molecule has 0 heterocycles. The van der Waals surface area contributed by atoms with Crippen LogP contribution in [0.5, 0.6) is 0 Å². The predicted octanol–water partition coefficient (Wildman–Crippen LogP) is 2.57. The van der Waals surface area contributed by atoms with E-state index in [2.05, 4.69) is 15.9 Å². The molecule has 3 nitrogen and oxygen atoms in total. The summed E-state index contributed by atoms with van der Waals surface area (Å²) in [4.78, 5) is 13.7. The molecule has 0 spiro atoms. The van der Waals surface area contributed by atoms with Crippen molar-refractivity contribution in [3.63, 3.8) is 0 Å². The van der Waals surface area contributed by atoms with E-state index in [1.807, 2.05) is 6.92 Å². The minimum absolute atomic E-state index is 0.0147. The first-order chi connectivity index (χ1) is 9.02. The highest BCUT2D eigenvalue weighted by Gasteiger charge is 2.41. The number of nitrogens with zero attached hydrogens (tertiary/aromatic N) is 1. The molecular weight excluding hydrogens is 313 g/mol. The van der Waals surface area contributed by atoms with Gasteiger partial charge in [0.15, 0.2) is 0 Å². The van der Waals surface area contributed by atoms with Gasteiger partial charge in [-0.2, -0.15) is 0 Å². The highest BCUT2D eigenvalue weighted by atomic mass is 79.9. The Morgan fingerprint density at radius 2 is 2.26 bits per heavy atom. The van der Waals surface area contributed by atoms with Crippen LogP contribution in [0.15, 0.2) is 22.7 Å². The van der Waals surface area contributed by atoms with Crippen LogP contribution in [0.3, 0.4) is 0 Å². The summed E-state index contributed by atoms with van der Waals surface area (Å²) in [7, 11) is 0. The number of halogens is 2. The van der Waals surface area contributed by atoms with Gasteiger partial charge < -0.3 is 10.0 Å². The Kier molecular flexibility index (Phi) is 4.58. The smallest absolute Gasteiger partial charge is 0.226 e. The highest BCUT2D eigenvalue weighted by Crippen LogP contribution is 2.39. The Morgan fingerprint density at radius 1 is 1.58 bits per heavy atom. The van der Waals surface area contributed by atoms with E-state index in [9.17, 15) is 9.18 Å². The summed E-state index contributed by atoms with van der Waals surface area (Å²) < 4.78 is 14.5. The van der Waals surface area contributed by atoms with Crippen molar-refractivity contribution in [3.05, 3.63) is 34.1 Å². The van der Waals surface area contributed by atoms with Crippen LogP contribution in [0, 0.1) is 17.7 Å². The molecule has 2 rings (SSSR count). The Balaban J connectivity index is 2.11. The van der Waals surface area contributed by atoms with Gasteiger partial charge in [-0.25, -0.2) is 4.39 Å². The van der Waals surface area contributed by atoms with Crippen LogP contribution in [0.1, 0.15) is 18.9 Å². The van der Waals surface area contributed by atoms with Gasteiger partial charge in [0.25, 0.3) is 0 Å². The first-order valence-electron chi connectivity index (χ1n) is 6.36. The Morgan fingerprint density at radius 3 is 2.84 bits per heavy atom. The van der Waals surface area contributed by atoms with E-state index in [0.29, 0.717) is 11.5 Å². The van der Waals surface area contributed by atoms with Gasteiger partial charge in [-0.3, -0.25) is 4.79 Å². The largest absolute Gasteiger partial charge is 0.395 e. The number of carbonyl (C=O) groups excluding carboxylic acids is 1. The van der Waals surface area contributed by atoms with E-state index in [-0.39, 0.29) is 37.3 Å². The van der Waals surface area contributed by atoms with Gasteiger partial charge in [-0.15, -0.1) is 0 Å². The number of carbonyl (C=O) groups is 1. The molecule has 19 heavy (non-hydrogen) atoms. The third-order valence-corrected chi connectivity index (χ3v) is 3.97. The van der Waals surface area contributed by atoms with Gasteiger partial charge >= 0.3 is 0 Å².